The Morgan fingerprint density at radius 3 is 2.72 bits per heavy atom. The number of nitrogens with zero attached hydrogens (tertiary/aromatic N) is 1. The number of amides is 2. The van der Waals surface area contributed by atoms with Gasteiger partial charge in [0.2, 0.25) is 5.91 Å². The second-order valence-electron chi connectivity index (χ2n) is 5.22. The molecular formula is C17H13N3O5. The summed E-state index contributed by atoms with van der Waals surface area (Å²) in [5, 5.41) is 15.9. The molecule has 1 aliphatic heterocycles. The molecule has 2 aromatic carbocycles. The quantitative estimate of drug-likeness (QED) is 0.505. The van der Waals surface area contributed by atoms with Gasteiger partial charge >= 0.3 is 0 Å². The van der Waals surface area contributed by atoms with Gasteiger partial charge in [-0.15, -0.1) is 0 Å². The van der Waals surface area contributed by atoms with Gasteiger partial charge in [0, 0.05) is 23.9 Å². The number of carbonyl (C=O) groups excluding carboxylic acids is 2. The lowest BCUT2D eigenvalue weighted by molar-refractivity contribution is -0.384. The van der Waals surface area contributed by atoms with Gasteiger partial charge in [-0.3, -0.25) is 19.7 Å². The van der Waals surface area contributed by atoms with Crippen molar-refractivity contribution in [2.75, 3.05) is 17.2 Å². The molecule has 0 atom stereocenters. The Morgan fingerprint density at radius 2 is 2.00 bits per heavy atom. The van der Waals surface area contributed by atoms with Crippen LogP contribution in [0, 0.1) is 10.1 Å². The van der Waals surface area contributed by atoms with E-state index < -0.39 is 4.92 Å². The topological polar surface area (TPSA) is 111 Å². The van der Waals surface area contributed by atoms with Crippen LogP contribution in [0.3, 0.4) is 0 Å². The van der Waals surface area contributed by atoms with E-state index in [2.05, 4.69) is 10.6 Å². The molecule has 0 bridgehead atoms. The molecule has 0 radical (unpaired) electrons. The molecule has 0 aromatic heterocycles. The first kappa shape index (κ1) is 16.2. The average Bonchev–Trinajstić information content (AvgIpc) is 2.60. The van der Waals surface area contributed by atoms with Crippen LogP contribution < -0.4 is 15.4 Å². The van der Waals surface area contributed by atoms with Gasteiger partial charge in [0.25, 0.3) is 11.6 Å². The summed E-state index contributed by atoms with van der Waals surface area (Å²) in [7, 11) is 0. The normalized spacial score (nSPS) is 12.9. The van der Waals surface area contributed by atoms with E-state index in [1.807, 2.05) is 0 Å². The minimum atomic E-state index is -0.487. The summed E-state index contributed by atoms with van der Waals surface area (Å²) >= 11 is 0. The smallest absolute Gasteiger partial charge is 0.269 e. The Kier molecular flexibility index (Phi) is 4.42. The van der Waals surface area contributed by atoms with Gasteiger partial charge in [0.15, 0.2) is 6.61 Å². The van der Waals surface area contributed by atoms with Gasteiger partial charge in [-0.2, -0.15) is 0 Å². The summed E-state index contributed by atoms with van der Waals surface area (Å²) in [6.07, 6.45) is 2.86. The first-order valence-corrected chi connectivity index (χ1v) is 7.31. The highest BCUT2D eigenvalue weighted by Gasteiger charge is 2.16. The predicted molar refractivity (Wildman–Crippen MR) is 91.3 cm³/mol. The fourth-order valence-electron chi connectivity index (χ4n) is 2.22. The monoisotopic (exact) mass is 339 g/mol. The molecule has 0 fully saturated rings. The molecule has 2 N–H and O–H groups in total. The van der Waals surface area contributed by atoms with Crippen LogP contribution in [0.5, 0.6) is 5.75 Å². The van der Waals surface area contributed by atoms with Crippen molar-refractivity contribution in [3.05, 3.63) is 64.2 Å². The number of carbonyl (C=O) groups is 2. The first-order chi connectivity index (χ1) is 12.0. The van der Waals surface area contributed by atoms with Crippen LogP contribution in [-0.2, 0) is 9.59 Å². The lowest BCUT2D eigenvalue weighted by atomic mass is 10.2. The number of anilines is 2. The number of ether oxygens (including phenoxy) is 1. The van der Waals surface area contributed by atoms with Crippen LogP contribution in [-0.4, -0.2) is 23.3 Å². The predicted octanol–water partition coefficient (Wildman–Crippen LogP) is 2.58. The number of non-ortho nitro benzene ring substituents is 1. The largest absolute Gasteiger partial charge is 0.482 e. The third-order valence-electron chi connectivity index (χ3n) is 3.41. The fourth-order valence-corrected chi connectivity index (χ4v) is 2.22. The molecule has 25 heavy (non-hydrogen) atoms. The molecule has 0 aliphatic carbocycles. The number of nitrogens with one attached hydrogen (secondary N) is 2. The highest BCUT2D eigenvalue weighted by Crippen LogP contribution is 2.30. The maximum atomic E-state index is 12.0. The van der Waals surface area contributed by atoms with Crippen molar-refractivity contribution in [2.45, 2.75) is 0 Å². The highest BCUT2D eigenvalue weighted by molar-refractivity contribution is 6.03. The lowest BCUT2D eigenvalue weighted by Crippen LogP contribution is -2.25. The minimum Gasteiger partial charge on any atom is -0.482 e. The Morgan fingerprint density at radius 1 is 1.24 bits per heavy atom. The van der Waals surface area contributed by atoms with Gasteiger partial charge in [-0.25, -0.2) is 0 Å². The van der Waals surface area contributed by atoms with Gasteiger partial charge in [-0.1, -0.05) is 0 Å². The zero-order valence-electron chi connectivity index (χ0n) is 12.9. The van der Waals surface area contributed by atoms with E-state index in [0.717, 1.165) is 0 Å². The van der Waals surface area contributed by atoms with Crippen LogP contribution in [0.1, 0.15) is 5.56 Å². The van der Waals surface area contributed by atoms with Crippen molar-refractivity contribution in [1.29, 1.82) is 0 Å². The number of fused-ring (bicyclic) bond motifs is 1. The van der Waals surface area contributed by atoms with Crippen molar-refractivity contribution < 1.29 is 19.2 Å². The third-order valence-corrected chi connectivity index (χ3v) is 3.41. The summed E-state index contributed by atoms with van der Waals surface area (Å²) in [6, 6.07) is 10.7. The Bertz CT molecular complexity index is 874. The molecule has 1 heterocycles. The third kappa shape index (κ3) is 3.99. The van der Waals surface area contributed by atoms with Crippen LogP contribution in [0.4, 0.5) is 17.1 Å². The number of nitro benzene ring substituents is 1. The number of rotatable bonds is 4. The minimum absolute atomic E-state index is 0.0140. The van der Waals surface area contributed by atoms with Crippen molar-refractivity contribution in [3.8, 4) is 5.75 Å². The first-order valence-electron chi connectivity index (χ1n) is 7.31. The molecule has 3 rings (SSSR count). The Balaban J connectivity index is 1.65. The van der Waals surface area contributed by atoms with Crippen LogP contribution >= 0.6 is 0 Å². The molecule has 8 heteroatoms. The van der Waals surface area contributed by atoms with Crippen LogP contribution in [0.25, 0.3) is 6.08 Å². The van der Waals surface area contributed by atoms with Gasteiger partial charge < -0.3 is 15.4 Å². The van der Waals surface area contributed by atoms with E-state index in [-0.39, 0.29) is 24.1 Å². The summed E-state index contributed by atoms with van der Waals surface area (Å²) in [5.41, 5.74) is 1.64. The van der Waals surface area contributed by atoms with E-state index in [0.29, 0.717) is 22.7 Å². The Hall–Kier alpha value is -3.68. The van der Waals surface area contributed by atoms with E-state index in [9.17, 15) is 19.7 Å². The van der Waals surface area contributed by atoms with Crippen LogP contribution in [0.15, 0.2) is 48.5 Å². The summed E-state index contributed by atoms with van der Waals surface area (Å²) in [6.45, 7) is -0.0311. The molecule has 1 aliphatic rings. The number of nitro groups is 1. The number of benzene rings is 2. The summed E-state index contributed by atoms with van der Waals surface area (Å²) < 4.78 is 5.24. The van der Waals surface area contributed by atoms with Gasteiger partial charge in [0.1, 0.15) is 5.75 Å². The molecular weight excluding hydrogens is 326 g/mol. The number of hydrogen-bond acceptors (Lipinski definition) is 5. The van der Waals surface area contributed by atoms with E-state index in [4.69, 9.17) is 4.74 Å². The molecule has 126 valence electrons. The molecule has 0 spiro atoms. The molecule has 2 amide bonds. The van der Waals surface area contributed by atoms with Crippen LogP contribution in [0.2, 0.25) is 0 Å². The van der Waals surface area contributed by atoms with Gasteiger partial charge in [0.05, 0.1) is 10.6 Å². The van der Waals surface area contributed by atoms with Crippen molar-refractivity contribution in [2.24, 2.45) is 0 Å². The molecule has 0 saturated carbocycles. The average molecular weight is 339 g/mol. The lowest BCUT2D eigenvalue weighted by Gasteiger charge is -2.18. The second-order valence-corrected chi connectivity index (χ2v) is 5.22. The Labute approximate surface area is 142 Å². The molecule has 8 nitrogen and oxygen atoms in total. The maximum Gasteiger partial charge on any atom is 0.269 e. The zero-order chi connectivity index (χ0) is 17.8. The highest BCUT2D eigenvalue weighted by atomic mass is 16.6. The molecule has 2 aromatic rings. The van der Waals surface area contributed by atoms with Crippen molar-refractivity contribution >= 4 is 35.0 Å². The summed E-state index contributed by atoms with van der Waals surface area (Å²) in [5.74, 6) is -0.0885. The van der Waals surface area contributed by atoms with E-state index in [1.165, 1.54) is 18.2 Å². The second kappa shape index (κ2) is 6.83. The maximum absolute atomic E-state index is 12.0. The zero-order valence-corrected chi connectivity index (χ0v) is 12.9. The van der Waals surface area contributed by atoms with Gasteiger partial charge in [-0.05, 0) is 42.0 Å². The molecule has 0 unspecified atom stereocenters. The number of hydrogen-bond donors (Lipinski definition) is 2. The molecule has 0 saturated heterocycles. The summed E-state index contributed by atoms with van der Waals surface area (Å²) in [4.78, 5) is 33.4. The SMILES string of the molecule is O=C(/C=C/c1ccc([N+](=O)[O-])cc1)Nc1ccc2c(c1)NC(=O)CO2. The van der Waals surface area contributed by atoms with E-state index in [1.54, 1.807) is 36.4 Å². The van der Waals surface area contributed by atoms with Crippen molar-refractivity contribution in [3.63, 3.8) is 0 Å². The fraction of sp³-hybridized carbons (Fsp3) is 0.0588. The van der Waals surface area contributed by atoms with Crippen molar-refractivity contribution in [1.82, 2.24) is 0 Å². The standard InChI is InChI=1S/C17H13N3O5/c21-16(8-3-11-1-5-13(6-2-11)20(23)24)18-12-4-7-15-14(9-12)19-17(22)10-25-15/h1-9H,10H2,(H,18,21)(H,19,22)/b8-3+. The van der Waals surface area contributed by atoms with E-state index >= 15 is 0 Å².